The Hall–Kier alpha value is -3.02. The SMILES string of the molecule is CCCC1CCC(CCCOc2ccc(C(=O)O[C@H](C)[C@@H](C)OC(=O)c3ccc(OCCCC4CCC(CCC)CC4)cc3)cc2)CC1. The Bertz CT molecular complexity index is 1100. The van der Waals surface area contributed by atoms with E-state index in [0.29, 0.717) is 24.3 Å². The Morgan fingerprint density at radius 1 is 0.542 bits per heavy atom. The summed E-state index contributed by atoms with van der Waals surface area (Å²) in [6.07, 6.45) is 19.7. The van der Waals surface area contributed by atoms with E-state index in [1.165, 1.54) is 89.9 Å². The molecule has 0 aromatic heterocycles. The summed E-state index contributed by atoms with van der Waals surface area (Å²) in [5, 5.41) is 0. The maximum Gasteiger partial charge on any atom is 0.338 e. The van der Waals surface area contributed by atoms with Gasteiger partial charge in [0.25, 0.3) is 0 Å². The Kier molecular flexibility index (Phi) is 16.1. The molecule has 0 bridgehead atoms. The van der Waals surface area contributed by atoms with Crippen LogP contribution in [0.5, 0.6) is 11.5 Å². The van der Waals surface area contributed by atoms with Crippen LogP contribution in [-0.2, 0) is 9.47 Å². The molecule has 0 heterocycles. The number of carbonyl (C=O) groups is 2. The largest absolute Gasteiger partial charge is 0.494 e. The van der Waals surface area contributed by atoms with Crippen molar-refractivity contribution in [2.24, 2.45) is 23.7 Å². The van der Waals surface area contributed by atoms with Crippen molar-refractivity contribution >= 4 is 11.9 Å². The zero-order chi connectivity index (χ0) is 34.1. The Balaban J connectivity index is 1.09. The average Bonchev–Trinajstić information content (AvgIpc) is 3.10. The zero-order valence-corrected chi connectivity index (χ0v) is 30.3. The van der Waals surface area contributed by atoms with Gasteiger partial charge >= 0.3 is 11.9 Å². The number of hydrogen-bond donors (Lipinski definition) is 0. The highest BCUT2D eigenvalue weighted by Crippen LogP contribution is 2.35. The standard InChI is InChI=1S/C42H62O6/c1-5-9-33-13-17-35(18-14-33)11-7-29-45-39-25-21-37(22-26-39)41(43)47-31(3)32(4)48-42(44)38-23-27-40(28-24-38)46-30-8-12-36-19-15-34(10-6-2)16-20-36/h21-28,31-36H,5-20,29-30H2,1-4H3/t31-,32-,33?,34?,35?,36?/m1/s1. The van der Waals surface area contributed by atoms with Crippen molar-refractivity contribution in [2.45, 2.75) is 143 Å². The van der Waals surface area contributed by atoms with Crippen LogP contribution in [0.2, 0.25) is 0 Å². The molecule has 0 saturated heterocycles. The first-order valence-corrected chi connectivity index (χ1v) is 19.2. The molecule has 266 valence electrons. The van der Waals surface area contributed by atoms with Gasteiger partial charge in [-0.15, -0.1) is 0 Å². The van der Waals surface area contributed by atoms with Gasteiger partial charge in [-0.25, -0.2) is 9.59 Å². The highest BCUT2D eigenvalue weighted by atomic mass is 16.6. The van der Waals surface area contributed by atoms with Crippen LogP contribution in [0.4, 0.5) is 0 Å². The highest BCUT2D eigenvalue weighted by molar-refractivity contribution is 5.90. The van der Waals surface area contributed by atoms with Crippen LogP contribution in [0.3, 0.4) is 0 Å². The average molecular weight is 663 g/mol. The fourth-order valence-corrected chi connectivity index (χ4v) is 7.60. The summed E-state index contributed by atoms with van der Waals surface area (Å²) in [5.41, 5.74) is 0.873. The minimum atomic E-state index is -0.612. The Labute approximate surface area is 290 Å². The van der Waals surface area contributed by atoms with Crippen molar-refractivity contribution in [3.63, 3.8) is 0 Å². The van der Waals surface area contributed by atoms with E-state index in [9.17, 15) is 9.59 Å². The molecule has 2 atom stereocenters. The molecule has 0 unspecified atom stereocenters. The van der Waals surface area contributed by atoms with Crippen LogP contribution in [0.25, 0.3) is 0 Å². The second-order valence-corrected chi connectivity index (χ2v) is 14.6. The smallest absolute Gasteiger partial charge is 0.338 e. The molecule has 48 heavy (non-hydrogen) atoms. The molecule has 0 aliphatic heterocycles. The Morgan fingerprint density at radius 2 is 0.854 bits per heavy atom. The topological polar surface area (TPSA) is 71.1 Å². The maximum atomic E-state index is 12.8. The van der Waals surface area contributed by atoms with E-state index < -0.39 is 24.1 Å². The van der Waals surface area contributed by atoms with Gasteiger partial charge in [0.05, 0.1) is 24.3 Å². The lowest BCUT2D eigenvalue weighted by Crippen LogP contribution is -2.30. The van der Waals surface area contributed by atoms with Crippen molar-refractivity contribution in [1.29, 1.82) is 0 Å². The lowest BCUT2D eigenvalue weighted by molar-refractivity contribution is -0.0239. The molecule has 2 aromatic carbocycles. The van der Waals surface area contributed by atoms with Crippen molar-refractivity contribution in [3.05, 3.63) is 59.7 Å². The monoisotopic (exact) mass is 662 g/mol. The second kappa shape index (κ2) is 20.5. The fourth-order valence-electron chi connectivity index (χ4n) is 7.60. The predicted molar refractivity (Wildman–Crippen MR) is 193 cm³/mol. The van der Waals surface area contributed by atoms with Crippen LogP contribution in [0.1, 0.15) is 151 Å². The van der Waals surface area contributed by atoms with Crippen LogP contribution < -0.4 is 9.47 Å². The van der Waals surface area contributed by atoms with Crippen molar-refractivity contribution in [3.8, 4) is 11.5 Å². The number of hydrogen-bond acceptors (Lipinski definition) is 6. The lowest BCUT2D eigenvalue weighted by Gasteiger charge is -2.28. The van der Waals surface area contributed by atoms with Gasteiger partial charge in [0.15, 0.2) is 0 Å². The molecule has 6 heteroatoms. The molecule has 2 fully saturated rings. The summed E-state index contributed by atoms with van der Waals surface area (Å²) in [5.74, 6) is 4.17. The summed E-state index contributed by atoms with van der Waals surface area (Å²) in [4.78, 5) is 25.6. The van der Waals surface area contributed by atoms with Crippen molar-refractivity contribution < 1.29 is 28.5 Å². The highest BCUT2D eigenvalue weighted by Gasteiger charge is 2.23. The molecule has 6 nitrogen and oxygen atoms in total. The van der Waals surface area contributed by atoms with Crippen LogP contribution in [-0.4, -0.2) is 37.4 Å². The van der Waals surface area contributed by atoms with E-state index in [0.717, 1.165) is 48.0 Å². The first-order valence-electron chi connectivity index (χ1n) is 19.2. The number of esters is 2. The predicted octanol–water partition coefficient (Wildman–Crippen LogP) is 11.0. The number of carbonyl (C=O) groups excluding carboxylic acids is 2. The number of benzene rings is 2. The molecular formula is C42H62O6. The minimum Gasteiger partial charge on any atom is -0.494 e. The molecular weight excluding hydrogens is 600 g/mol. The van der Waals surface area contributed by atoms with E-state index in [1.54, 1.807) is 38.1 Å². The molecule has 0 N–H and O–H groups in total. The van der Waals surface area contributed by atoms with Gasteiger partial charge in [0, 0.05) is 0 Å². The molecule has 0 spiro atoms. The normalized spacial score (nSPS) is 22.3. The van der Waals surface area contributed by atoms with Crippen molar-refractivity contribution in [2.75, 3.05) is 13.2 Å². The lowest BCUT2D eigenvalue weighted by atomic mass is 9.78. The molecule has 2 aliphatic carbocycles. The molecule has 2 saturated carbocycles. The summed E-state index contributed by atoms with van der Waals surface area (Å²) in [6.45, 7) is 9.42. The third-order valence-electron chi connectivity index (χ3n) is 10.8. The summed E-state index contributed by atoms with van der Waals surface area (Å²) < 4.78 is 23.1. The van der Waals surface area contributed by atoms with Gasteiger partial charge in [-0.05, 0) is 112 Å². The first-order chi connectivity index (χ1) is 23.3. The zero-order valence-electron chi connectivity index (χ0n) is 30.3. The molecule has 0 amide bonds. The van der Waals surface area contributed by atoms with Crippen molar-refractivity contribution in [1.82, 2.24) is 0 Å². The van der Waals surface area contributed by atoms with E-state index in [1.807, 2.05) is 24.3 Å². The maximum absolute atomic E-state index is 12.8. The van der Waals surface area contributed by atoms with Crippen LogP contribution in [0.15, 0.2) is 48.5 Å². The van der Waals surface area contributed by atoms with E-state index >= 15 is 0 Å². The molecule has 0 radical (unpaired) electrons. The minimum absolute atomic E-state index is 0.437. The second-order valence-electron chi connectivity index (χ2n) is 14.6. The van der Waals surface area contributed by atoms with E-state index in [-0.39, 0.29) is 0 Å². The fraction of sp³-hybridized carbons (Fsp3) is 0.667. The van der Waals surface area contributed by atoms with Gasteiger partial charge in [-0.3, -0.25) is 0 Å². The van der Waals surface area contributed by atoms with E-state index in [2.05, 4.69) is 13.8 Å². The quantitative estimate of drug-likeness (QED) is 0.110. The van der Waals surface area contributed by atoms with Gasteiger partial charge < -0.3 is 18.9 Å². The van der Waals surface area contributed by atoms with Crippen LogP contribution >= 0.6 is 0 Å². The van der Waals surface area contributed by atoms with Gasteiger partial charge in [0.1, 0.15) is 23.7 Å². The summed E-state index contributed by atoms with van der Waals surface area (Å²) >= 11 is 0. The summed E-state index contributed by atoms with van der Waals surface area (Å²) in [7, 11) is 0. The van der Waals surface area contributed by atoms with Gasteiger partial charge in [-0.2, -0.15) is 0 Å². The summed E-state index contributed by atoms with van der Waals surface area (Å²) in [6, 6.07) is 14.1. The number of rotatable bonds is 19. The molecule has 2 aliphatic rings. The molecule has 2 aromatic rings. The number of ether oxygens (including phenoxy) is 4. The third kappa shape index (κ3) is 12.8. The molecule has 4 rings (SSSR count). The third-order valence-corrected chi connectivity index (χ3v) is 10.8. The van der Waals surface area contributed by atoms with Gasteiger partial charge in [-0.1, -0.05) is 90.9 Å². The van der Waals surface area contributed by atoms with Gasteiger partial charge in [0.2, 0.25) is 0 Å². The van der Waals surface area contributed by atoms with Crippen LogP contribution in [0, 0.1) is 23.7 Å². The Morgan fingerprint density at radius 3 is 1.17 bits per heavy atom. The van der Waals surface area contributed by atoms with E-state index in [4.69, 9.17) is 18.9 Å². The first kappa shape index (κ1) is 37.8.